The Hall–Kier alpha value is -3.47. The third-order valence-corrected chi connectivity index (χ3v) is 5.09. The molecule has 3 aromatic rings. The van der Waals surface area contributed by atoms with Crippen molar-refractivity contribution >= 4 is 39.7 Å². The van der Waals surface area contributed by atoms with E-state index in [0.29, 0.717) is 17.8 Å². The van der Waals surface area contributed by atoms with Crippen LogP contribution in [0.3, 0.4) is 0 Å². The van der Waals surface area contributed by atoms with Crippen LogP contribution in [0.25, 0.3) is 10.8 Å². The van der Waals surface area contributed by atoms with Crippen LogP contribution < -0.4 is 10.2 Å². The van der Waals surface area contributed by atoms with Gasteiger partial charge in [0.2, 0.25) is 11.8 Å². The van der Waals surface area contributed by atoms with Gasteiger partial charge in [0.15, 0.2) is 5.78 Å². The van der Waals surface area contributed by atoms with Crippen molar-refractivity contribution in [3.8, 4) is 0 Å². The number of fused-ring (bicyclic) bond motifs is 1. The normalized spacial score (nSPS) is 16.4. The third-order valence-electron chi connectivity index (χ3n) is 5.09. The molecular weight excluding hydrogens is 352 g/mol. The first-order chi connectivity index (χ1) is 13.5. The van der Waals surface area contributed by atoms with Crippen molar-refractivity contribution < 1.29 is 14.4 Å². The van der Waals surface area contributed by atoms with Crippen LogP contribution in [0.4, 0.5) is 11.4 Å². The van der Waals surface area contributed by atoms with E-state index in [2.05, 4.69) is 5.32 Å². The van der Waals surface area contributed by atoms with Gasteiger partial charge in [-0.25, -0.2) is 0 Å². The summed E-state index contributed by atoms with van der Waals surface area (Å²) in [7, 11) is 0. The molecule has 3 aromatic carbocycles. The fourth-order valence-electron chi connectivity index (χ4n) is 3.62. The lowest BCUT2D eigenvalue weighted by Crippen LogP contribution is -2.28. The van der Waals surface area contributed by atoms with Gasteiger partial charge in [0, 0.05) is 29.6 Å². The van der Waals surface area contributed by atoms with Crippen molar-refractivity contribution in [2.24, 2.45) is 5.92 Å². The number of nitrogens with one attached hydrogen (secondary N) is 1. The van der Waals surface area contributed by atoms with Gasteiger partial charge in [-0.05, 0) is 30.5 Å². The molecule has 1 saturated heterocycles. The highest BCUT2D eigenvalue weighted by molar-refractivity contribution is 6.08. The molecule has 0 spiro atoms. The Bertz CT molecular complexity index is 1080. The van der Waals surface area contributed by atoms with Crippen LogP contribution >= 0.6 is 0 Å². The summed E-state index contributed by atoms with van der Waals surface area (Å²) in [6.45, 7) is 1.82. The van der Waals surface area contributed by atoms with Gasteiger partial charge in [0.25, 0.3) is 0 Å². The summed E-state index contributed by atoms with van der Waals surface area (Å²) in [4.78, 5) is 38.6. The van der Waals surface area contributed by atoms with Crippen molar-refractivity contribution in [3.63, 3.8) is 0 Å². The Morgan fingerprint density at radius 1 is 1.00 bits per heavy atom. The highest BCUT2D eigenvalue weighted by Gasteiger charge is 2.35. The molecule has 1 aliphatic heterocycles. The van der Waals surface area contributed by atoms with Gasteiger partial charge in [0.05, 0.1) is 11.6 Å². The fourth-order valence-corrected chi connectivity index (χ4v) is 3.62. The predicted molar refractivity (Wildman–Crippen MR) is 109 cm³/mol. The molecule has 0 aliphatic carbocycles. The number of hydrogen-bond acceptors (Lipinski definition) is 3. The van der Waals surface area contributed by atoms with Crippen molar-refractivity contribution in [1.82, 2.24) is 0 Å². The Morgan fingerprint density at radius 2 is 1.75 bits per heavy atom. The van der Waals surface area contributed by atoms with Crippen LogP contribution in [0.5, 0.6) is 0 Å². The molecule has 140 valence electrons. The van der Waals surface area contributed by atoms with Crippen molar-refractivity contribution in [1.29, 1.82) is 0 Å². The summed E-state index contributed by atoms with van der Waals surface area (Å²) >= 11 is 0. The minimum Gasteiger partial charge on any atom is -0.326 e. The molecule has 1 N–H and O–H groups in total. The summed E-state index contributed by atoms with van der Waals surface area (Å²) in [6.07, 6.45) is 0.168. The van der Waals surface area contributed by atoms with Gasteiger partial charge < -0.3 is 10.2 Å². The molecule has 4 rings (SSSR count). The maximum atomic E-state index is 12.7. The Morgan fingerprint density at radius 3 is 2.57 bits per heavy atom. The molecule has 1 aliphatic rings. The lowest BCUT2D eigenvalue weighted by atomic mass is 10.1. The standard InChI is InChI=1S/C23H20N2O3/c1-15(26)17-8-4-9-19(12-17)24-23(28)18-13-22(27)25(14-18)21-11-5-7-16-6-2-3-10-20(16)21/h2-12,18H,13-14H2,1H3,(H,24,28)/t18-/m0/s1. The van der Waals surface area contributed by atoms with Crippen LogP contribution in [0, 0.1) is 5.92 Å². The highest BCUT2D eigenvalue weighted by Crippen LogP contribution is 2.32. The van der Waals surface area contributed by atoms with Crippen LogP contribution in [-0.4, -0.2) is 24.1 Å². The van der Waals surface area contributed by atoms with Gasteiger partial charge in [-0.15, -0.1) is 0 Å². The number of rotatable bonds is 4. The van der Waals surface area contributed by atoms with Crippen molar-refractivity contribution in [2.75, 3.05) is 16.8 Å². The van der Waals surface area contributed by atoms with E-state index >= 15 is 0 Å². The predicted octanol–water partition coefficient (Wildman–Crippen LogP) is 4.03. The van der Waals surface area contributed by atoms with Crippen LogP contribution in [-0.2, 0) is 9.59 Å². The smallest absolute Gasteiger partial charge is 0.229 e. The number of ketones is 1. The number of carbonyl (C=O) groups is 3. The Balaban J connectivity index is 1.54. The second-order valence-corrected chi connectivity index (χ2v) is 7.03. The minimum atomic E-state index is -0.438. The summed E-state index contributed by atoms with van der Waals surface area (Å²) < 4.78 is 0. The maximum Gasteiger partial charge on any atom is 0.229 e. The number of nitrogens with zero attached hydrogens (tertiary/aromatic N) is 1. The Labute approximate surface area is 163 Å². The number of anilines is 2. The van der Waals surface area contributed by atoms with Gasteiger partial charge in [-0.2, -0.15) is 0 Å². The quantitative estimate of drug-likeness (QED) is 0.703. The largest absolute Gasteiger partial charge is 0.326 e. The minimum absolute atomic E-state index is 0.0609. The average Bonchev–Trinajstić information content (AvgIpc) is 3.09. The second kappa shape index (κ2) is 7.27. The van der Waals surface area contributed by atoms with E-state index in [-0.39, 0.29) is 24.0 Å². The molecule has 2 amide bonds. The summed E-state index contributed by atoms with van der Waals surface area (Å²) in [5.41, 5.74) is 1.93. The van der Waals surface area contributed by atoms with E-state index in [0.717, 1.165) is 16.5 Å². The van der Waals surface area contributed by atoms with E-state index < -0.39 is 5.92 Å². The SMILES string of the molecule is CC(=O)c1cccc(NC(=O)[C@H]2CC(=O)N(c3cccc4ccccc34)C2)c1. The topological polar surface area (TPSA) is 66.5 Å². The monoisotopic (exact) mass is 372 g/mol. The molecule has 28 heavy (non-hydrogen) atoms. The molecule has 1 fully saturated rings. The fraction of sp³-hybridized carbons (Fsp3) is 0.174. The molecule has 0 bridgehead atoms. The summed E-state index contributed by atoms with van der Waals surface area (Å²) in [6, 6.07) is 20.6. The first-order valence-electron chi connectivity index (χ1n) is 9.23. The van der Waals surface area contributed by atoms with E-state index in [9.17, 15) is 14.4 Å². The second-order valence-electron chi connectivity index (χ2n) is 7.03. The average molecular weight is 372 g/mol. The van der Waals surface area contributed by atoms with Crippen molar-refractivity contribution in [2.45, 2.75) is 13.3 Å². The zero-order valence-electron chi connectivity index (χ0n) is 15.5. The molecule has 0 radical (unpaired) electrons. The van der Waals surface area contributed by atoms with E-state index in [1.807, 2.05) is 42.5 Å². The molecule has 1 heterocycles. The Kier molecular flexibility index (Phi) is 4.65. The van der Waals surface area contributed by atoms with Gasteiger partial charge in [-0.3, -0.25) is 14.4 Å². The maximum absolute atomic E-state index is 12.7. The zero-order valence-corrected chi connectivity index (χ0v) is 15.5. The lowest BCUT2D eigenvalue weighted by molar-refractivity contribution is -0.122. The van der Waals surface area contributed by atoms with Crippen LogP contribution in [0.15, 0.2) is 66.7 Å². The molecule has 5 heteroatoms. The number of hydrogen-bond donors (Lipinski definition) is 1. The zero-order chi connectivity index (χ0) is 19.7. The molecule has 1 atom stereocenters. The number of carbonyl (C=O) groups excluding carboxylic acids is 3. The van der Waals surface area contributed by atoms with Gasteiger partial charge in [0.1, 0.15) is 0 Å². The van der Waals surface area contributed by atoms with Gasteiger partial charge >= 0.3 is 0 Å². The first kappa shape index (κ1) is 17.9. The van der Waals surface area contributed by atoms with Crippen LogP contribution in [0.2, 0.25) is 0 Å². The highest BCUT2D eigenvalue weighted by atomic mass is 16.2. The van der Waals surface area contributed by atoms with Gasteiger partial charge in [-0.1, -0.05) is 48.5 Å². The first-order valence-corrected chi connectivity index (χ1v) is 9.23. The number of benzene rings is 3. The lowest BCUT2D eigenvalue weighted by Gasteiger charge is -2.19. The summed E-state index contributed by atoms with van der Waals surface area (Å²) in [5.74, 6) is -0.771. The third kappa shape index (κ3) is 3.39. The molecule has 0 saturated carbocycles. The molecule has 0 unspecified atom stereocenters. The molecule has 0 aromatic heterocycles. The molecular formula is C23H20N2O3. The number of Topliss-reactive ketones (excluding diaryl/α,β-unsaturated/α-hetero) is 1. The van der Waals surface area contributed by atoms with E-state index in [4.69, 9.17) is 0 Å². The number of amides is 2. The van der Waals surface area contributed by atoms with E-state index in [1.165, 1.54) is 6.92 Å². The van der Waals surface area contributed by atoms with Crippen LogP contribution in [0.1, 0.15) is 23.7 Å². The molecule has 5 nitrogen and oxygen atoms in total. The summed E-state index contributed by atoms with van der Waals surface area (Å²) in [5, 5.41) is 4.89. The van der Waals surface area contributed by atoms with E-state index in [1.54, 1.807) is 29.2 Å². The van der Waals surface area contributed by atoms with Crippen molar-refractivity contribution in [3.05, 3.63) is 72.3 Å².